The zero-order chi connectivity index (χ0) is 14.7. The minimum Gasteiger partial charge on any atom is -0.374 e. The molecule has 1 aromatic heterocycles. The molecule has 1 unspecified atom stereocenters. The number of urea groups is 1. The Morgan fingerprint density at radius 2 is 2.10 bits per heavy atom. The minimum absolute atomic E-state index is 0.0580. The molecule has 0 N–H and O–H groups in total. The summed E-state index contributed by atoms with van der Waals surface area (Å²) in [6.45, 7) is 3.32. The van der Waals surface area contributed by atoms with Crippen LogP contribution >= 0.6 is 0 Å². The number of piperidine rings is 1. The van der Waals surface area contributed by atoms with Gasteiger partial charge in [-0.3, -0.25) is 0 Å². The van der Waals surface area contributed by atoms with E-state index in [1.54, 1.807) is 26.1 Å². The highest BCUT2D eigenvalue weighted by Crippen LogP contribution is 2.28. The van der Waals surface area contributed by atoms with Gasteiger partial charge in [-0.05, 0) is 19.8 Å². The highest BCUT2D eigenvalue weighted by atomic mass is 16.5. The zero-order valence-electron chi connectivity index (χ0n) is 12.5. The maximum atomic E-state index is 11.9. The van der Waals surface area contributed by atoms with Crippen molar-refractivity contribution in [3.8, 4) is 0 Å². The van der Waals surface area contributed by atoms with Gasteiger partial charge in [-0.25, -0.2) is 4.79 Å². The van der Waals surface area contributed by atoms with Gasteiger partial charge in [0.25, 0.3) is 0 Å². The Labute approximate surface area is 118 Å². The molecule has 2 rings (SSSR count). The summed E-state index contributed by atoms with van der Waals surface area (Å²) in [6.07, 6.45) is 1.54. The second-order valence-corrected chi connectivity index (χ2v) is 5.31. The molecule has 1 fully saturated rings. The van der Waals surface area contributed by atoms with Crippen LogP contribution in [0, 0.1) is 0 Å². The first-order valence-corrected chi connectivity index (χ1v) is 6.85. The predicted octanol–water partition coefficient (Wildman–Crippen LogP) is 1.64. The van der Waals surface area contributed by atoms with Gasteiger partial charge >= 0.3 is 6.03 Å². The largest absolute Gasteiger partial charge is 0.374 e. The Kier molecular flexibility index (Phi) is 4.59. The van der Waals surface area contributed by atoms with E-state index in [9.17, 15) is 4.79 Å². The molecule has 7 heteroatoms. The lowest BCUT2D eigenvalue weighted by Gasteiger charge is -2.32. The van der Waals surface area contributed by atoms with Crippen molar-refractivity contribution in [2.24, 2.45) is 0 Å². The Balaban J connectivity index is 1.94. The fourth-order valence-corrected chi connectivity index (χ4v) is 2.28. The molecular formula is C13H22N4O3. The second kappa shape index (κ2) is 6.21. The number of hydrogen-bond donors (Lipinski definition) is 0. The number of likely N-dealkylation sites (tertiary alicyclic amines) is 1. The summed E-state index contributed by atoms with van der Waals surface area (Å²) in [7, 11) is 5.15. The van der Waals surface area contributed by atoms with E-state index in [1.807, 2.05) is 11.8 Å². The molecule has 20 heavy (non-hydrogen) atoms. The van der Waals surface area contributed by atoms with Crippen LogP contribution in [0.4, 0.5) is 4.79 Å². The number of rotatable bonds is 3. The molecule has 2 amide bonds. The van der Waals surface area contributed by atoms with E-state index in [1.165, 1.54) is 0 Å². The van der Waals surface area contributed by atoms with E-state index >= 15 is 0 Å². The number of amides is 2. The number of methoxy groups -OCH3 is 1. The van der Waals surface area contributed by atoms with Crippen LogP contribution in [-0.2, 0) is 4.74 Å². The number of carbonyl (C=O) groups excluding carboxylic acids is 1. The van der Waals surface area contributed by atoms with Crippen LogP contribution in [0.3, 0.4) is 0 Å². The molecule has 1 aliphatic heterocycles. The summed E-state index contributed by atoms with van der Waals surface area (Å²) in [6, 6.07) is 0.0580. The van der Waals surface area contributed by atoms with E-state index in [4.69, 9.17) is 9.26 Å². The van der Waals surface area contributed by atoms with Crippen LogP contribution in [0.15, 0.2) is 4.52 Å². The fraction of sp³-hybridized carbons (Fsp3) is 0.769. The Morgan fingerprint density at radius 1 is 1.45 bits per heavy atom. The fourth-order valence-electron chi connectivity index (χ4n) is 2.28. The molecule has 1 saturated heterocycles. The lowest BCUT2D eigenvalue weighted by atomic mass is 9.97. The molecule has 1 aliphatic rings. The third-order valence-corrected chi connectivity index (χ3v) is 3.67. The molecular weight excluding hydrogens is 260 g/mol. The molecule has 2 heterocycles. The molecule has 0 aromatic carbocycles. The Hall–Kier alpha value is -1.63. The van der Waals surface area contributed by atoms with E-state index in [0.717, 1.165) is 25.9 Å². The molecule has 112 valence electrons. The first-order chi connectivity index (χ1) is 9.52. The van der Waals surface area contributed by atoms with Crippen LogP contribution in [0.25, 0.3) is 0 Å². The quantitative estimate of drug-likeness (QED) is 0.842. The Morgan fingerprint density at radius 3 is 2.65 bits per heavy atom. The van der Waals surface area contributed by atoms with Crippen molar-refractivity contribution in [3.63, 3.8) is 0 Å². The normalized spacial score (nSPS) is 18.1. The van der Waals surface area contributed by atoms with Gasteiger partial charge < -0.3 is 19.1 Å². The standard InChI is InChI=1S/C13H22N4O3/c1-9(19-4)11-14-12(20-15-11)10-5-7-17(8-6-10)13(18)16(2)3/h9-10H,5-8H2,1-4H3. The summed E-state index contributed by atoms with van der Waals surface area (Å²) in [4.78, 5) is 19.7. The maximum Gasteiger partial charge on any atom is 0.319 e. The van der Waals surface area contributed by atoms with Crippen molar-refractivity contribution >= 4 is 6.03 Å². The van der Waals surface area contributed by atoms with Crippen molar-refractivity contribution in [1.82, 2.24) is 19.9 Å². The Bertz CT molecular complexity index is 452. The summed E-state index contributed by atoms with van der Waals surface area (Å²) in [5, 5.41) is 3.94. The number of carbonyl (C=O) groups is 1. The molecule has 0 bridgehead atoms. The van der Waals surface area contributed by atoms with Crippen molar-refractivity contribution in [2.45, 2.75) is 31.8 Å². The summed E-state index contributed by atoms with van der Waals surface area (Å²) < 4.78 is 10.5. The minimum atomic E-state index is -0.164. The first-order valence-electron chi connectivity index (χ1n) is 6.85. The highest BCUT2D eigenvalue weighted by Gasteiger charge is 2.28. The average Bonchev–Trinajstić information content (AvgIpc) is 2.95. The monoisotopic (exact) mass is 282 g/mol. The average molecular weight is 282 g/mol. The predicted molar refractivity (Wildman–Crippen MR) is 72.4 cm³/mol. The molecule has 0 radical (unpaired) electrons. The maximum absolute atomic E-state index is 11.9. The van der Waals surface area contributed by atoms with Gasteiger partial charge in [-0.2, -0.15) is 4.98 Å². The lowest BCUT2D eigenvalue weighted by Crippen LogP contribution is -2.43. The van der Waals surface area contributed by atoms with Crippen LogP contribution < -0.4 is 0 Å². The smallest absolute Gasteiger partial charge is 0.319 e. The summed E-state index contributed by atoms with van der Waals surface area (Å²) in [5.41, 5.74) is 0. The number of aromatic nitrogens is 2. The van der Waals surface area contributed by atoms with Gasteiger partial charge in [-0.15, -0.1) is 0 Å². The number of hydrogen-bond acceptors (Lipinski definition) is 5. The van der Waals surface area contributed by atoms with Gasteiger partial charge in [0, 0.05) is 40.2 Å². The van der Waals surface area contributed by atoms with Gasteiger partial charge in [0.2, 0.25) is 5.89 Å². The second-order valence-electron chi connectivity index (χ2n) is 5.31. The van der Waals surface area contributed by atoms with E-state index in [-0.39, 0.29) is 18.1 Å². The van der Waals surface area contributed by atoms with E-state index in [0.29, 0.717) is 11.7 Å². The van der Waals surface area contributed by atoms with Crippen LogP contribution in [0.5, 0.6) is 0 Å². The van der Waals surface area contributed by atoms with Crippen molar-refractivity contribution < 1.29 is 14.1 Å². The topological polar surface area (TPSA) is 71.7 Å². The SMILES string of the molecule is COC(C)c1noc(C2CCN(C(=O)N(C)C)CC2)n1. The van der Waals surface area contributed by atoms with Crippen molar-refractivity contribution in [1.29, 1.82) is 0 Å². The van der Waals surface area contributed by atoms with Crippen molar-refractivity contribution in [2.75, 3.05) is 34.3 Å². The van der Waals surface area contributed by atoms with E-state index in [2.05, 4.69) is 10.1 Å². The summed E-state index contributed by atoms with van der Waals surface area (Å²) >= 11 is 0. The molecule has 7 nitrogen and oxygen atoms in total. The van der Waals surface area contributed by atoms with Gasteiger partial charge in [0.05, 0.1) is 0 Å². The number of nitrogens with zero attached hydrogens (tertiary/aromatic N) is 4. The number of ether oxygens (including phenoxy) is 1. The molecule has 0 aliphatic carbocycles. The zero-order valence-corrected chi connectivity index (χ0v) is 12.5. The van der Waals surface area contributed by atoms with Crippen LogP contribution in [-0.4, -0.2) is 60.3 Å². The van der Waals surface area contributed by atoms with E-state index < -0.39 is 0 Å². The first kappa shape index (κ1) is 14.8. The summed E-state index contributed by atoms with van der Waals surface area (Å²) in [5.74, 6) is 1.46. The van der Waals surface area contributed by atoms with Crippen LogP contribution in [0.1, 0.15) is 43.5 Å². The highest BCUT2D eigenvalue weighted by molar-refractivity contribution is 5.73. The third kappa shape index (κ3) is 3.09. The molecule has 1 atom stereocenters. The molecule has 1 aromatic rings. The molecule has 0 spiro atoms. The van der Waals surface area contributed by atoms with Gasteiger partial charge in [0.1, 0.15) is 6.10 Å². The lowest BCUT2D eigenvalue weighted by molar-refractivity contribution is 0.109. The van der Waals surface area contributed by atoms with Crippen LogP contribution in [0.2, 0.25) is 0 Å². The van der Waals surface area contributed by atoms with Crippen molar-refractivity contribution in [3.05, 3.63) is 11.7 Å². The third-order valence-electron chi connectivity index (χ3n) is 3.67. The van der Waals surface area contributed by atoms with Gasteiger partial charge in [0.15, 0.2) is 5.82 Å². The van der Waals surface area contributed by atoms with Gasteiger partial charge in [-0.1, -0.05) is 5.16 Å². The molecule has 0 saturated carbocycles.